The number of hydrogen-bond donors (Lipinski definition) is 1. The fourth-order valence-electron chi connectivity index (χ4n) is 1.35. The standard InChI is InChI=1S/C12H15N3O2/c1-9(13)12-14-11(15-17-12)8-16-7-10-5-3-2-4-6-10/h2-6,9H,7-8,13H2,1H3. The second-order valence-corrected chi connectivity index (χ2v) is 3.82. The molecule has 17 heavy (non-hydrogen) atoms. The molecule has 0 bridgehead atoms. The molecule has 1 aromatic carbocycles. The van der Waals surface area contributed by atoms with Crippen molar-refractivity contribution in [3.8, 4) is 0 Å². The van der Waals surface area contributed by atoms with Gasteiger partial charge in [0.15, 0.2) is 5.82 Å². The number of nitrogens with zero attached hydrogens (tertiary/aromatic N) is 2. The highest BCUT2D eigenvalue weighted by molar-refractivity contribution is 5.13. The van der Waals surface area contributed by atoms with Crippen LogP contribution in [0.1, 0.15) is 30.2 Å². The zero-order valence-electron chi connectivity index (χ0n) is 9.67. The Kier molecular flexibility index (Phi) is 3.85. The van der Waals surface area contributed by atoms with E-state index in [9.17, 15) is 0 Å². The third-order valence-corrected chi connectivity index (χ3v) is 2.22. The summed E-state index contributed by atoms with van der Waals surface area (Å²) < 4.78 is 10.4. The van der Waals surface area contributed by atoms with Crippen LogP contribution in [0.4, 0.5) is 0 Å². The summed E-state index contributed by atoms with van der Waals surface area (Å²) in [5, 5.41) is 3.78. The van der Waals surface area contributed by atoms with Crippen molar-refractivity contribution in [1.29, 1.82) is 0 Å². The summed E-state index contributed by atoms with van der Waals surface area (Å²) in [6, 6.07) is 9.68. The highest BCUT2D eigenvalue weighted by atomic mass is 16.5. The Labute approximate surface area is 99.6 Å². The van der Waals surface area contributed by atoms with Gasteiger partial charge in [0.05, 0.1) is 12.6 Å². The Morgan fingerprint density at radius 3 is 2.71 bits per heavy atom. The number of rotatable bonds is 5. The number of ether oxygens (including phenoxy) is 1. The van der Waals surface area contributed by atoms with Crippen LogP contribution in [0.2, 0.25) is 0 Å². The van der Waals surface area contributed by atoms with Crippen molar-refractivity contribution < 1.29 is 9.26 Å². The summed E-state index contributed by atoms with van der Waals surface area (Å²) in [5.74, 6) is 0.955. The molecule has 0 amide bonds. The maximum Gasteiger partial charge on any atom is 0.243 e. The van der Waals surface area contributed by atoms with Crippen molar-refractivity contribution in [3.05, 3.63) is 47.6 Å². The van der Waals surface area contributed by atoms with E-state index in [0.29, 0.717) is 24.9 Å². The fourth-order valence-corrected chi connectivity index (χ4v) is 1.35. The van der Waals surface area contributed by atoms with Gasteiger partial charge in [-0.2, -0.15) is 4.98 Å². The largest absolute Gasteiger partial charge is 0.369 e. The normalized spacial score (nSPS) is 12.6. The highest BCUT2D eigenvalue weighted by Gasteiger charge is 2.09. The number of hydrogen-bond acceptors (Lipinski definition) is 5. The van der Waals surface area contributed by atoms with E-state index in [1.165, 1.54) is 0 Å². The van der Waals surface area contributed by atoms with Crippen molar-refractivity contribution in [2.75, 3.05) is 0 Å². The third-order valence-electron chi connectivity index (χ3n) is 2.22. The van der Waals surface area contributed by atoms with Gasteiger partial charge >= 0.3 is 0 Å². The molecule has 1 heterocycles. The summed E-state index contributed by atoms with van der Waals surface area (Å²) in [5.41, 5.74) is 6.72. The molecular weight excluding hydrogens is 218 g/mol. The van der Waals surface area contributed by atoms with E-state index in [1.54, 1.807) is 6.92 Å². The first-order chi connectivity index (χ1) is 8.25. The van der Waals surface area contributed by atoms with E-state index in [-0.39, 0.29) is 6.04 Å². The van der Waals surface area contributed by atoms with Crippen LogP contribution in [0.15, 0.2) is 34.9 Å². The molecule has 2 aromatic rings. The predicted molar refractivity (Wildman–Crippen MR) is 61.8 cm³/mol. The third kappa shape index (κ3) is 3.37. The van der Waals surface area contributed by atoms with E-state index < -0.39 is 0 Å². The minimum absolute atomic E-state index is 0.245. The first-order valence-corrected chi connectivity index (χ1v) is 5.45. The van der Waals surface area contributed by atoms with E-state index in [0.717, 1.165) is 5.56 Å². The minimum atomic E-state index is -0.245. The van der Waals surface area contributed by atoms with Gasteiger partial charge in [-0.25, -0.2) is 0 Å². The zero-order valence-corrected chi connectivity index (χ0v) is 9.67. The molecule has 0 spiro atoms. The molecule has 0 aliphatic carbocycles. The maximum absolute atomic E-state index is 5.61. The molecule has 0 radical (unpaired) electrons. The number of benzene rings is 1. The molecule has 1 aromatic heterocycles. The highest BCUT2D eigenvalue weighted by Crippen LogP contribution is 2.07. The van der Waals surface area contributed by atoms with Crippen molar-refractivity contribution in [2.24, 2.45) is 5.73 Å². The van der Waals surface area contributed by atoms with Crippen LogP contribution in [-0.4, -0.2) is 10.1 Å². The number of aromatic nitrogens is 2. The van der Waals surface area contributed by atoms with Crippen molar-refractivity contribution >= 4 is 0 Å². The van der Waals surface area contributed by atoms with Crippen LogP contribution in [-0.2, 0) is 18.0 Å². The fraction of sp³-hybridized carbons (Fsp3) is 0.333. The van der Waals surface area contributed by atoms with Gasteiger partial charge in [-0.05, 0) is 12.5 Å². The van der Waals surface area contributed by atoms with Crippen LogP contribution in [0.5, 0.6) is 0 Å². The Bertz CT molecular complexity index is 454. The van der Waals surface area contributed by atoms with Gasteiger partial charge in [-0.15, -0.1) is 0 Å². The predicted octanol–water partition coefficient (Wildman–Crippen LogP) is 1.81. The van der Waals surface area contributed by atoms with Gasteiger partial charge < -0.3 is 15.0 Å². The van der Waals surface area contributed by atoms with Crippen LogP contribution >= 0.6 is 0 Å². The topological polar surface area (TPSA) is 74.2 Å². The maximum atomic E-state index is 5.61. The van der Waals surface area contributed by atoms with Gasteiger partial charge in [-0.1, -0.05) is 35.5 Å². The molecule has 2 rings (SSSR count). The lowest BCUT2D eigenvalue weighted by Gasteiger charge is -2.00. The quantitative estimate of drug-likeness (QED) is 0.852. The first kappa shape index (κ1) is 11.8. The molecule has 0 fully saturated rings. The molecule has 5 nitrogen and oxygen atoms in total. The Hall–Kier alpha value is -1.72. The molecule has 90 valence electrons. The van der Waals surface area contributed by atoms with Crippen LogP contribution in [0.25, 0.3) is 0 Å². The van der Waals surface area contributed by atoms with Gasteiger partial charge in [0.2, 0.25) is 5.89 Å². The Morgan fingerprint density at radius 2 is 2.06 bits per heavy atom. The first-order valence-electron chi connectivity index (χ1n) is 5.45. The van der Waals surface area contributed by atoms with E-state index >= 15 is 0 Å². The van der Waals surface area contributed by atoms with E-state index in [4.69, 9.17) is 15.0 Å². The smallest absolute Gasteiger partial charge is 0.243 e. The van der Waals surface area contributed by atoms with Gasteiger partial charge in [-0.3, -0.25) is 0 Å². The molecule has 2 N–H and O–H groups in total. The van der Waals surface area contributed by atoms with Gasteiger partial charge in [0.25, 0.3) is 0 Å². The second kappa shape index (κ2) is 5.56. The molecule has 0 aliphatic rings. The van der Waals surface area contributed by atoms with Crippen LogP contribution < -0.4 is 5.73 Å². The molecule has 1 atom stereocenters. The van der Waals surface area contributed by atoms with Crippen molar-refractivity contribution in [2.45, 2.75) is 26.2 Å². The lowest BCUT2D eigenvalue weighted by molar-refractivity contribution is 0.0999. The summed E-state index contributed by atoms with van der Waals surface area (Å²) >= 11 is 0. The molecule has 0 saturated carbocycles. The average molecular weight is 233 g/mol. The molecule has 0 aliphatic heterocycles. The summed E-state index contributed by atoms with van der Waals surface area (Å²) in [6.07, 6.45) is 0. The summed E-state index contributed by atoms with van der Waals surface area (Å²) in [4.78, 5) is 4.11. The lowest BCUT2D eigenvalue weighted by atomic mass is 10.2. The molecule has 5 heteroatoms. The summed E-state index contributed by atoms with van der Waals surface area (Å²) in [6.45, 7) is 2.65. The van der Waals surface area contributed by atoms with Crippen molar-refractivity contribution in [1.82, 2.24) is 10.1 Å². The summed E-state index contributed by atoms with van der Waals surface area (Å²) in [7, 11) is 0. The van der Waals surface area contributed by atoms with Gasteiger partial charge in [0, 0.05) is 0 Å². The second-order valence-electron chi connectivity index (χ2n) is 3.82. The zero-order chi connectivity index (χ0) is 12.1. The van der Waals surface area contributed by atoms with Crippen molar-refractivity contribution in [3.63, 3.8) is 0 Å². The van der Waals surface area contributed by atoms with E-state index in [1.807, 2.05) is 30.3 Å². The Balaban J connectivity index is 1.82. The molecule has 1 unspecified atom stereocenters. The van der Waals surface area contributed by atoms with Gasteiger partial charge in [0.1, 0.15) is 6.61 Å². The average Bonchev–Trinajstić information content (AvgIpc) is 2.79. The monoisotopic (exact) mass is 233 g/mol. The SMILES string of the molecule is CC(N)c1nc(COCc2ccccc2)no1. The van der Waals surface area contributed by atoms with E-state index in [2.05, 4.69) is 10.1 Å². The number of nitrogens with two attached hydrogens (primary N) is 1. The lowest BCUT2D eigenvalue weighted by Crippen LogP contribution is -2.05. The molecule has 0 saturated heterocycles. The Morgan fingerprint density at radius 1 is 1.29 bits per heavy atom. The van der Waals surface area contributed by atoms with Crippen LogP contribution in [0.3, 0.4) is 0 Å². The molecular formula is C12H15N3O2. The van der Waals surface area contributed by atoms with Crippen LogP contribution in [0, 0.1) is 0 Å². The minimum Gasteiger partial charge on any atom is -0.369 e.